The van der Waals surface area contributed by atoms with Gasteiger partial charge in [0.2, 0.25) is 5.91 Å². The predicted octanol–water partition coefficient (Wildman–Crippen LogP) is 2.65. The summed E-state index contributed by atoms with van der Waals surface area (Å²) in [6.07, 6.45) is 7.63. The lowest BCUT2D eigenvalue weighted by molar-refractivity contribution is -0.128. The average molecular weight is 325 g/mol. The fraction of sp³-hybridized carbons (Fsp3) is 0.421. The van der Waals surface area contributed by atoms with Gasteiger partial charge in [-0.3, -0.25) is 9.78 Å². The van der Waals surface area contributed by atoms with E-state index < -0.39 is 0 Å². The van der Waals surface area contributed by atoms with Crippen LogP contribution in [0.25, 0.3) is 17.1 Å². The van der Waals surface area contributed by atoms with Gasteiger partial charge in [0.1, 0.15) is 0 Å². The van der Waals surface area contributed by atoms with E-state index in [4.69, 9.17) is 0 Å². The van der Waals surface area contributed by atoms with Crippen molar-refractivity contribution in [2.45, 2.75) is 26.2 Å². The quantitative estimate of drug-likeness (QED) is 0.878. The molecule has 5 heteroatoms. The number of carbonyl (C=O) groups excluding carboxylic acids is 1. The molecule has 1 aromatic carbocycles. The molecule has 5 nitrogen and oxygen atoms in total. The number of aliphatic hydroxyl groups is 1. The first-order chi connectivity index (χ1) is 11.7. The van der Waals surface area contributed by atoms with Crippen LogP contribution in [-0.2, 0) is 4.79 Å². The van der Waals surface area contributed by atoms with Crippen LogP contribution < -0.4 is 0 Å². The molecular formula is C19H23N3O2. The van der Waals surface area contributed by atoms with Crippen molar-refractivity contribution in [2.75, 3.05) is 19.7 Å². The van der Waals surface area contributed by atoms with E-state index in [1.54, 1.807) is 18.3 Å². The van der Waals surface area contributed by atoms with Crippen LogP contribution in [0.1, 0.15) is 31.9 Å². The maximum absolute atomic E-state index is 12.4. The maximum Gasteiger partial charge on any atom is 0.246 e. The van der Waals surface area contributed by atoms with Gasteiger partial charge >= 0.3 is 0 Å². The van der Waals surface area contributed by atoms with Gasteiger partial charge in [-0.15, -0.1) is 0 Å². The van der Waals surface area contributed by atoms with Gasteiger partial charge in [-0.2, -0.15) is 0 Å². The molecule has 3 rings (SSSR count). The second kappa shape index (κ2) is 7.09. The summed E-state index contributed by atoms with van der Waals surface area (Å²) in [5.74, 6) is -0.00685. The number of piperidine rings is 1. The van der Waals surface area contributed by atoms with Crippen LogP contribution in [0, 0.1) is 5.41 Å². The Balaban J connectivity index is 1.65. The molecule has 1 aliphatic rings. The van der Waals surface area contributed by atoms with Crippen molar-refractivity contribution in [1.29, 1.82) is 0 Å². The number of hydrogen-bond donors (Lipinski definition) is 1. The zero-order valence-corrected chi connectivity index (χ0v) is 14.0. The molecule has 1 fully saturated rings. The van der Waals surface area contributed by atoms with Gasteiger partial charge in [0.15, 0.2) is 0 Å². The minimum Gasteiger partial charge on any atom is -0.396 e. The number of aromatic nitrogens is 2. The van der Waals surface area contributed by atoms with Crippen LogP contribution in [0.5, 0.6) is 0 Å². The number of aliphatic hydroxyl groups excluding tert-OH is 1. The van der Waals surface area contributed by atoms with E-state index in [1.807, 2.05) is 29.2 Å². The van der Waals surface area contributed by atoms with Crippen LogP contribution in [0.4, 0.5) is 0 Å². The zero-order valence-electron chi connectivity index (χ0n) is 14.0. The zero-order chi connectivity index (χ0) is 17.0. The monoisotopic (exact) mass is 325 g/mol. The van der Waals surface area contributed by atoms with E-state index in [2.05, 4.69) is 16.9 Å². The van der Waals surface area contributed by atoms with Gasteiger partial charge < -0.3 is 10.0 Å². The van der Waals surface area contributed by atoms with Gasteiger partial charge in [0.05, 0.1) is 22.9 Å². The highest BCUT2D eigenvalue weighted by Crippen LogP contribution is 2.34. The van der Waals surface area contributed by atoms with Crippen LogP contribution in [-0.4, -0.2) is 45.6 Å². The molecule has 1 aliphatic heterocycles. The van der Waals surface area contributed by atoms with Crippen molar-refractivity contribution < 1.29 is 9.90 Å². The molecule has 2 aromatic rings. The largest absolute Gasteiger partial charge is 0.396 e. The summed E-state index contributed by atoms with van der Waals surface area (Å²) in [4.78, 5) is 23.0. The van der Waals surface area contributed by atoms with Crippen LogP contribution in [0.2, 0.25) is 0 Å². The summed E-state index contributed by atoms with van der Waals surface area (Å²) >= 11 is 0. The second-order valence-electron chi connectivity index (χ2n) is 6.45. The Morgan fingerprint density at radius 1 is 1.29 bits per heavy atom. The molecule has 0 bridgehead atoms. The minimum absolute atomic E-state index is 0.00685. The number of rotatable bonds is 4. The number of carbonyl (C=O) groups is 1. The first kappa shape index (κ1) is 16.6. The predicted molar refractivity (Wildman–Crippen MR) is 94.2 cm³/mol. The van der Waals surface area contributed by atoms with Crippen molar-refractivity contribution in [3.05, 3.63) is 42.2 Å². The van der Waals surface area contributed by atoms with Gasteiger partial charge in [-0.1, -0.05) is 19.1 Å². The number of likely N-dealkylation sites (tertiary alicyclic amines) is 1. The Morgan fingerprint density at radius 3 is 2.67 bits per heavy atom. The molecule has 0 atom stereocenters. The van der Waals surface area contributed by atoms with Crippen molar-refractivity contribution >= 4 is 23.0 Å². The number of fused-ring (bicyclic) bond motifs is 1. The fourth-order valence-corrected chi connectivity index (χ4v) is 3.14. The Labute approximate surface area is 142 Å². The third-order valence-electron chi connectivity index (χ3n) is 5.09. The van der Waals surface area contributed by atoms with E-state index in [0.29, 0.717) is 18.8 Å². The molecule has 1 N–H and O–H groups in total. The molecule has 126 valence electrons. The molecule has 0 unspecified atom stereocenters. The van der Waals surface area contributed by atoms with E-state index in [1.165, 1.54) is 0 Å². The topological polar surface area (TPSA) is 66.3 Å². The van der Waals surface area contributed by atoms with Gasteiger partial charge in [-0.05, 0) is 42.9 Å². The van der Waals surface area contributed by atoms with Crippen LogP contribution >= 0.6 is 0 Å². The minimum atomic E-state index is -0.00961. The van der Waals surface area contributed by atoms with Gasteiger partial charge in [-0.25, -0.2) is 4.98 Å². The molecule has 0 aliphatic carbocycles. The lowest BCUT2D eigenvalue weighted by Crippen LogP contribution is -2.43. The fourth-order valence-electron chi connectivity index (χ4n) is 3.14. The third-order valence-corrected chi connectivity index (χ3v) is 5.09. The molecule has 24 heavy (non-hydrogen) atoms. The Kier molecular flexibility index (Phi) is 4.90. The van der Waals surface area contributed by atoms with Crippen LogP contribution in [0.15, 0.2) is 36.5 Å². The molecular weight excluding hydrogens is 302 g/mol. The number of para-hydroxylation sites is 2. The molecule has 2 heterocycles. The van der Waals surface area contributed by atoms with E-state index in [0.717, 1.165) is 30.3 Å². The highest BCUT2D eigenvalue weighted by molar-refractivity contribution is 5.91. The lowest BCUT2D eigenvalue weighted by atomic mass is 9.77. The Bertz CT molecular complexity index is 743. The Hall–Kier alpha value is -2.27. The van der Waals surface area contributed by atoms with E-state index >= 15 is 0 Å². The number of amides is 1. The Morgan fingerprint density at radius 2 is 2.00 bits per heavy atom. The lowest BCUT2D eigenvalue weighted by Gasteiger charge is -2.39. The molecule has 1 amide bonds. The summed E-state index contributed by atoms with van der Waals surface area (Å²) in [6.45, 7) is 3.70. The summed E-state index contributed by atoms with van der Waals surface area (Å²) in [5, 5.41) is 9.57. The van der Waals surface area contributed by atoms with Crippen molar-refractivity contribution in [3.8, 4) is 0 Å². The molecule has 0 spiro atoms. The number of nitrogens with zero attached hydrogens (tertiary/aromatic N) is 3. The average Bonchev–Trinajstić information content (AvgIpc) is 2.66. The highest BCUT2D eigenvalue weighted by atomic mass is 16.3. The molecule has 0 radical (unpaired) electrons. The number of benzene rings is 1. The van der Waals surface area contributed by atoms with Crippen molar-refractivity contribution in [3.63, 3.8) is 0 Å². The summed E-state index contributed by atoms with van der Waals surface area (Å²) < 4.78 is 0. The molecule has 1 saturated heterocycles. The highest BCUT2D eigenvalue weighted by Gasteiger charge is 2.33. The van der Waals surface area contributed by atoms with Crippen molar-refractivity contribution in [2.24, 2.45) is 5.41 Å². The second-order valence-corrected chi connectivity index (χ2v) is 6.45. The first-order valence-electron chi connectivity index (χ1n) is 8.45. The summed E-state index contributed by atoms with van der Waals surface area (Å²) in [6, 6.07) is 7.67. The summed E-state index contributed by atoms with van der Waals surface area (Å²) in [7, 11) is 0. The first-order valence-corrected chi connectivity index (χ1v) is 8.45. The van der Waals surface area contributed by atoms with Crippen LogP contribution in [0.3, 0.4) is 0 Å². The SMILES string of the molecule is CCC1(CO)CCN(C(=O)/C=C/c2cnc3ccccc3n2)CC1. The third kappa shape index (κ3) is 3.46. The summed E-state index contributed by atoms with van der Waals surface area (Å²) in [5.41, 5.74) is 2.33. The maximum atomic E-state index is 12.4. The van der Waals surface area contributed by atoms with E-state index in [-0.39, 0.29) is 17.9 Å². The smallest absolute Gasteiger partial charge is 0.246 e. The van der Waals surface area contributed by atoms with Crippen molar-refractivity contribution in [1.82, 2.24) is 14.9 Å². The number of hydrogen-bond acceptors (Lipinski definition) is 4. The molecule has 0 saturated carbocycles. The molecule has 1 aromatic heterocycles. The van der Waals surface area contributed by atoms with Gasteiger partial charge in [0.25, 0.3) is 0 Å². The van der Waals surface area contributed by atoms with E-state index in [9.17, 15) is 9.90 Å². The standard InChI is InChI=1S/C19H23N3O2/c1-2-19(14-23)9-11-22(12-10-19)18(24)8-7-15-13-20-16-5-3-4-6-17(16)21-15/h3-8,13,23H,2,9-12,14H2,1H3/b8-7+. The normalized spacial score (nSPS) is 17.5. The van der Waals surface area contributed by atoms with Gasteiger partial charge in [0, 0.05) is 25.8 Å².